The Kier molecular flexibility index (Phi) is 6.21. The van der Waals surface area contributed by atoms with E-state index >= 15 is 0 Å². The number of pyridine rings is 1. The van der Waals surface area contributed by atoms with Gasteiger partial charge in [-0.25, -0.2) is 4.98 Å². The first kappa shape index (κ1) is 16.0. The van der Waals surface area contributed by atoms with Gasteiger partial charge in [0.1, 0.15) is 0 Å². The van der Waals surface area contributed by atoms with Crippen LogP contribution in [0.1, 0.15) is 13.3 Å². The number of hydrogen-bond donors (Lipinski definition) is 2. The zero-order chi connectivity index (χ0) is 15.1. The number of thioether (sulfide) groups is 1. The van der Waals surface area contributed by atoms with Crippen molar-refractivity contribution in [3.63, 3.8) is 0 Å². The number of anilines is 2. The molecule has 0 aromatic carbocycles. The van der Waals surface area contributed by atoms with E-state index in [0.717, 1.165) is 22.4 Å². The van der Waals surface area contributed by atoms with Gasteiger partial charge in [-0.2, -0.15) is 0 Å². The predicted octanol–water partition coefficient (Wildman–Crippen LogP) is 3.14. The van der Waals surface area contributed by atoms with Crippen molar-refractivity contribution in [3.8, 4) is 0 Å². The highest BCUT2D eigenvalue weighted by Crippen LogP contribution is 2.25. The molecule has 0 atom stereocenters. The van der Waals surface area contributed by atoms with E-state index in [4.69, 9.17) is 11.6 Å². The van der Waals surface area contributed by atoms with Crippen LogP contribution in [0.25, 0.3) is 0 Å². The van der Waals surface area contributed by atoms with Gasteiger partial charge in [-0.15, -0.1) is 10.2 Å². The molecule has 6 nitrogen and oxygen atoms in total. The summed E-state index contributed by atoms with van der Waals surface area (Å²) >= 11 is 8.65. The van der Waals surface area contributed by atoms with Crippen LogP contribution in [0.2, 0.25) is 5.15 Å². The molecular formula is C12H14ClN5OS2. The van der Waals surface area contributed by atoms with E-state index in [0.29, 0.717) is 5.69 Å². The lowest BCUT2D eigenvalue weighted by molar-refractivity contribution is -0.113. The summed E-state index contributed by atoms with van der Waals surface area (Å²) in [5.41, 5.74) is 0.507. The van der Waals surface area contributed by atoms with Crippen LogP contribution in [0, 0.1) is 0 Å². The van der Waals surface area contributed by atoms with Gasteiger partial charge in [-0.1, -0.05) is 41.6 Å². The van der Waals surface area contributed by atoms with Crippen molar-refractivity contribution in [1.29, 1.82) is 0 Å². The second kappa shape index (κ2) is 8.16. The number of rotatable bonds is 7. The fourth-order valence-corrected chi connectivity index (χ4v) is 3.11. The number of nitrogens with zero attached hydrogens (tertiary/aromatic N) is 3. The maximum absolute atomic E-state index is 11.8. The summed E-state index contributed by atoms with van der Waals surface area (Å²) in [6.07, 6.45) is 2.59. The molecule has 0 radical (unpaired) electrons. The lowest BCUT2D eigenvalue weighted by Crippen LogP contribution is -2.14. The van der Waals surface area contributed by atoms with Gasteiger partial charge in [0.2, 0.25) is 11.0 Å². The van der Waals surface area contributed by atoms with E-state index in [2.05, 4.69) is 32.7 Å². The topological polar surface area (TPSA) is 79.8 Å². The van der Waals surface area contributed by atoms with E-state index in [1.165, 1.54) is 23.1 Å². The standard InChI is InChI=1S/C12H14ClN5OS2/c1-2-5-15-11-17-18-12(21-11)20-7-9(19)16-8-4-3-6-14-10(8)13/h3-4,6H,2,5,7H2,1H3,(H,15,17)(H,16,19). The van der Waals surface area contributed by atoms with E-state index in [-0.39, 0.29) is 16.8 Å². The minimum absolute atomic E-state index is 0.159. The van der Waals surface area contributed by atoms with Crippen molar-refractivity contribution in [3.05, 3.63) is 23.5 Å². The van der Waals surface area contributed by atoms with Gasteiger partial charge in [0.15, 0.2) is 9.49 Å². The molecule has 2 heterocycles. The van der Waals surface area contributed by atoms with Crippen molar-refractivity contribution in [2.24, 2.45) is 0 Å². The monoisotopic (exact) mass is 343 g/mol. The molecule has 0 bridgehead atoms. The lowest BCUT2D eigenvalue weighted by Gasteiger charge is -2.04. The molecular weight excluding hydrogens is 330 g/mol. The van der Waals surface area contributed by atoms with Gasteiger partial charge in [-0.05, 0) is 18.6 Å². The Morgan fingerprint density at radius 3 is 3.10 bits per heavy atom. The number of carbonyl (C=O) groups excluding carboxylic acids is 1. The highest BCUT2D eigenvalue weighted by molar-refractivity contribution is 8.01. The summed E-state index contributed by atoms with van der Waals surface area (Å²) in [4.78, 5) is 15.7. The molecule has 0 aliphatic rings. The SMILES string of the molecule is CCCNc1nnc(SCC(=O)Nc2cccnc2Cl)s1. The molecule has 9 heteroatoms. The van der Waals surface area contributed by atoms with E-state index in [9.17, 15) is 4.79 Å². The van der Waals surface area contributed by atoms with Gasteiger partial charge >= 0.3 is 0 Å². The van der Waals surface area contributed by atoms with Crippen LogP contribution < -0.4 is 10.6 Å². The molecule has 1 amide bonds. The van der Waals surface area contributed by atoms with Crippen molar-refractivity contribution in [2.75, 3.05) is 22.9 Å². The molecule has 0 aliphatic heterocycles. The van der Waals surface area contributed by atoms with E-state index in [1.54, 1.807) is 18.3 Å². The Bertz CT molecular complexity index is 607. The number of nitrogens with one attached hydrogen (secondary N) is 2. The summed E-state index contributed by atoms with van der Waals surface area (Å²) in [5, 5.41) is 14.9. The number of hydrogen-bond acceptors (Lipinski definition) is 7. The van der Waals surface area contributed by atoms with Crippen LogP contribution in [0.5, 0.6) is 0 Å². The molecule has 2 N–H and O–H groups in total. The Labute approximate surface area is 135 Å². The fourth-order valence-electron chi connectivity index (χ4n) is 1.36. The Morgan fingerprint density at radius 1 is 1.48 bits per heavy atom. The second-order valence-corrected chi connectivity index (χ2v) is 6.54. The summed E-state index contributed by atoms with van der Waals surface area (Å²) in [7, 11) is 0. The highest BCUT2D eigenvalue weighted by Gasteiger charge is 2.09. The molecule has 0 spiro atoms. The molecule has 0 saturated heterocycles. The normalized spacial score (nSPS) is 10.4. The first-order chi connectivity index (χ1) is 10.2. The lowest BCUT2D eigenvalue weighted by atomic mass is 10.4. The van der Waals surface area contributed by atoms with Crippen LogP contribution in [-0.2, 0) is 4.79 Å². The summed E-state index contributed by atoms with van der Waals surface area (Å²) in [6, 6.07) is 3.42. The predicted molar refractivity (Wildman–Crippen MR) is 87.3 cm³/mol. The van der Waals surface area contributed by atoms with Crippen LogP contribution in [0.4, 0.5) is 10.8 Å². The Hall–Kier alpha value is -1.38. The number of amides is 1. The third kappa shape index (κ3) is 5.14. The van der Waals surface area contributed by atoms with Crippen LogP contribution in [-0.4, -0.2) is 33.4 Å². The Morgan fingerprint density at radius 2 is 2.33 bits per heavy atom. The van der Waals surface area contributed by atoms with Crippen molar-refractivity contribution >= 4 is 51.4 Å². The van der Waals surface area contributed by atoms with Gasteiger partial charge < -0.3 is 10.6 Å². The number of aromatic nitrogens is 3. The highest BCUT2D eigenvalue weighted by atomic mass is 35.5. The van der Waals surface area contributed by atoms with E-state index in [1.807, 2.05) is 0 Å². The molecule has 0 aliphatic carbocycles. The molecule has 0 fully saturated rings. The average Bonchev–Trinajstić information content (AvgIpc) is 2.93. The van der Waals surface area contributed by atoms with Crippen LogP contribution in [0.3, 0.4) is 0 Å². The van der Waals surface area contributed by atoms with Gasteiger partial charge in [0.05, 0.1) is 11.4 Å². The summed E-state index contributed by atoms with van der Waals surface area (Å²) in [6.45, 7) is 2.94. The van der Waals surface area contributed by atoms with Crippen molar-refractivity contribution in [2.45, 2.75) is 17.7 Å². The van der Waals surface area contributed by atoms with Crippen LogP contribution in [0.15, 0.2) is 22.7 Å². The maximum Gasteiger partial charge on any atom is 0.234 e. The van der Waals surface area contributed by atoms with Crippen LogP contribution >= 0.6 is 34.7 Å². The molecule has 2 rings (SSSR count). The van der Waals surface area contributed by atoms with Gasteiger partial charge in [0.25, 0.3) is 0 Å². The quantitative estimate of drug-likeness (QED) is 0.594. The number of carbonyl (C=O) groups is 1. The summed E-state index contributed by atoms with van der Waals surface area (Å²) in [5.74, 6) is 0.0846. The Balaban J connectivity index is 1.81. The summed E-state index contributed by atoms with van der Waals surface area (Å²) < 4.78 is 0.751. The fraction of sp³-hybridized carbons (Fsp3) is 0.333. The zero-order valence-corrected chi connectivity index (χ0v) is 13.7. The molecule has 2 aromatic rings. The van der Waals surface area contributed by atoms with Crippen molar-refractivity contribution in [1.82, 2.24) is 15.2 Å². The zero-order valence-electron chi connectivity index (χ0n) is 11.3. The van der Waals surface area contributed by atoms with Gasteiger partial charge in [-0.3, -0.25) is 4.79 Å². The minimum Gasteiger partial charge on any atom is -0.360 e. The maximum atomic E-state index is 11.8. The largest absolute Gasteiger partial charge is 0.360 e. The van der Waals surface area contributed by atoms with E-state index < -0.39 is 0 Å². The second-order valence-electron chi connectivity index (χ2n) is 3.98. The molecule has 0 unspecified atom stereocenters. The first-order valence-corrected chi connectivity index (χ1v) is 8.47. The minimum atomic E-state index is -0.159. The molecule has 0 saturated carbocycles. The van der Waals surface area contributed by atoms with Crippen molar-refractivity contribution < 1.29 is 4.79 Å². The number of halogens is 1. The molecule has 2 aromatic heterocycles. The average molecular weight is 344 g/mol. The third-order valence-corrected chi connectivity index (χ3v) is 4.61. The first-order valence-electron chi connectivity index (χ1n) is 6.29. The molecule has 21 heavy (non-hydrogen) atoms. The molecule has 112 valence electrons. The third-order valence-electron chi connectivity index (χ3n) is 2.29. The smallest absolute Gasteiger partial charge is 0.234 e. The van der Waals surface area contributed by atoms with Gasteiger partial charge in [0, 0.05) is 12.7 Å².